The highest BCUT2D eigenvalue weighted by atomic mass is 15.1. The summed E-state index contributed by atoms with van der Waals surface area (Å²) >= 11 is 0. The van der Waals surface area contributed by atoms with Gasteiger partial charge in [0.05, 0.1) is 18.2 Å². The molecular formula is C18H25N3. The van der Waals surface area contributed by atoms with E-state index in [9.17, 15) is 0 Å². The highest BCUT2D eigenvalue weighted by molar-refractivity contribution is 5.37. The number of benzene rings is 1. The quantitative estimate of drug-likeness (QED) is 0.918. The molecule has 0 radical (unpaired) electrons. The lowest BCUT2D eigenvalue weighted by molar-refractivity contribution is 0.334. The van der Waals surface area contributed by atoms with Gasteiger partial charge in [-0.3, -0.25) is 0 Å². The molecule has 2 atom stereocenters. The molecule has 1 aromatic carbocycles. The molecule has 1 aliphatic heterocycles. The molecule has 1 aliphatic rings. The van der Waals surface area contributed by atoms with E-state index in [2.05, 4.69) is 53.0 Å². The first-order valence-electron chi connectivity index (χ1n) is 8.15. The summed E-state index contributed by atoms with van der Waals surface area (Å²) in [7, 11) is 0. The first-order valence-corrected chi connectivity index (χ1v) is 8.15. The molecule has 1 saturated heterocycles. The summed E-state index contributed by atoms with van der Waals surface area (Å²) < 4.78 is 2.23. The smallest absolute Gasteiger partial charge is 0.0994 e. The highest BCUT2D eigenvalue weighted by Crippen LogP contribution is 2.27. The Bertz CT molecular complexity index is 570. The monoisotopic (exact) mass is 283 g/mol. The van der Waals surface area contributed by atoms with Crippen LogP contribution in [0, 0.1) is 0 Å². The van der Waals surface area contributed by atoms with Crippen LogP contribution in [0.5, 0.6) is 0 Å². The summed E-state index contributed by atoms with van der Waals surface area (Å²) in [6.45, 7) is 4.49. The van der Waals surface area contributed by atoms with Crippen molar-refractivity contribution in [1.29, 1.82) is 0 Å². The number of imidazole rings is 1. The Balaban J connectivity index is 1.84. The fraction of sp³-hybridized carbons (Fsp3) is 0.500. The van der Waals surface area contributed by atoms with Crippen LogP contribution in [-0.2, 0) is 6.42 Å². The van der Waals surface area contributed by atoms with Crippen LogP contribution in [0.1, 0.15) is 56.8 Å². The molecule has 1 fully saturated rings. The Kier molecular flexibility index (Phi) is 4.39. The number of hydrogen-bond donors (Lipinski definition) is 1. The minimum Gasteiger partial charge on any atom is -0.306 e. The van der Waals surface area contributed by atoms with Gasteiger partial charge in [-0.05, 0) is 50.3 Å². The molecule has 0 amide bonds. The predicted octanol–water partition coefficient (Wildman–Crippen LogP) is 4.03. The third-order valence-electron chi connectivity index (χ3n) is 4.39. The predicted molar refractivity (Wildman–Crippen MR) is 86.7 cm³/mol. The maximum Gasteiger partial charge on any atom is 0.0994 e. The summed E-state index contributed by atoms with van der Waals surface area (Å²) in [4.78, 5) is 4.38. The number of rotatable bonds is 4. The maximum absolute atomic E-state index is 4.38. The highest BCUT2D eigenvalue weighted by Gasteiger charge is 2.22. The summed E-state index contributed by atoms with van der Waals surface area (Å²) in [6, 6.07) is 9.91. The molecule has 21 heavy (non-hydrogen) atoms. The number of hydrogen-bond acceptors (Lipinski definition) is 2. The summed E-state index contributed by atoms with van der Waals surface area (Å²) in [5, 5.41) is 3.70. The third kappa shape index (κ3) is 3.18. The van der Waals surface area contributed by atoms with Crippen molar-refractivity contribution in [2.75, 3.05) is 0 Å². The molecule has 2 unspecified atom stereocenters. The average molecular weight is 283 g/mol. The van der Waals surface area contributed by atoms with Crippen molar-refractivity contribution in [1.82, 2.24) is 14.9 Å². The minimum atomic E-state index is 0.423. The van der Waals surface area contributed by atoms with E-state index in [-0.39, 0.29) is 0 Å². The van der Waals surface area contributed by atoms with Gasteiger partial charge in [-0.1, -0.05) is 25.5 Å². The van der Waals surface area contributed by atoms with Crippen LogP contribution in [0.2, 0.25) is 0 Å². The number of aryl methyl sites for hydroxylation is 1. The first-order chi connectivity index (χ1) is 10.3. The Morgan fingerprint density at radius 2 is 2.05 bits per heavy atom. The molecule has 0 saturated carbocycles. The molecule has 112 valence electrons. The minimum absolute atomic E-state index is 0.423. The molecule has 3 rings (SSSR count). The van der Waals surface area contributed by atoms with E-state index in [0.717, 1.165) is 6.42 Å². The van der Waals surface area contributed by atoms with Crippen LogP contribution in [0.3, 0.4) is 0 Å². The lowest BCUT2D eigenvalue weighted by atomic mass is 9.97. The standard InChI is InChI=1S/C18H25N3/c1-3-5-15-8-10-16(11-9-15)21-13-19-12-18(21)17-7-4-6-14(2)20-17/h8-14,17,20H,3-7H2,1-2H3. The van der Waals surface area contributed by atoms with Crippen molar-refractivity contribution in [2.24, 2.45) is 0 Å². The van der Waals surface area contributed by atoms with Gasteiger partial charge >= 0.3 is 0 Å². The van der Waals surface area contributed by atoms with Crippen LogP contribution < -0.4 is 5.32 Å². The SMILES string of the molecule is CCCc1ccc(-n2cncc2C2CCCC(C)N2)cc1. The Morgan fingerprint density at radius 3 is 2.76 bits per heavy atom. The molecule has 2 aromatic rings. The van der Waals surface area contributed by atoms with Gasteiger partial charge < -0.3 is 9.88 Å². The van der Waals surface area contributed by atoms with Crippen molar-refractivity contribution >= 4 is 0 Å². The first kappa shape index (κ1) is 14.3. The van der Waals surface area contributed by atoms with E-state index < -0.39 is 0 Å². The van der Waals surface area contributed by atoms with E-state index in [1.165, 1.54) is 42.6 Å². The van der Waals surface area contributed by atoms with Crippen molar-refractivity contribution in [3.05, 3.63) is 48.0 Å². The molecule has 2 heterocycles. The average Bonchev–Trinajstić information content (AvgIpc) is 2.98. The largest absolute Gasteiger partial charge is 0.306 e. The van der Waals surface area contributed by atoms with Gasteiger partial charge in [0.15, 0.2) is 0 Å². The molecule has 0 spiro atoms. The van der Waals surface area contributed by atoms with Crippen LogP contribution in [0.4, 0.5) is 0 Å². The topological polar surface area (TPSA) is 29.9 Å². The van der Waals surface area contributed by atoms with Crippen molar-refractivity contribution in [3.8, 4) is 5.69 Å². The second-order valence-corrected chi connectivity index (χ2v) is 6.16. The molecular weight excluding hydrogens is 258 g/mol. The van der Waals surface area contributed by atoms with Gasteiger partial charge in [0.1, 0.15) is 0 Å². The van der Waals surface area contributed by atoms with E-state index in [1.807, 2.05) is 12.5 Å². The van der Waals surface area contributed by atoms with Crippen LogP contribution in [0.25, 0.3) is 5.69 Å². The lowest BCUT2D eigenvalue weighted by Gasteiger charge is -2.29. The van der Waals surface area contributed by atoms with Gasteiger partial charge in [-0.15, -0.1) is 0 Å². The van der Waals surface area contributed by atoms with Crippen LogP contribution in [0.15, 0.2) is 36.8 Å². The van der Waals surface area contributed by atoms with Gasteiger partial charge in [0.25, 0.3) is 0 Å². The normalized spacial score (nSPS) is 22.4. The van der Waals surface area contributed by atoms with Gasteiger partial charge in [0, 0.05) is 17.8 Å². The molecule has 3 heteroatoms. The third-order valence-corrected chi connectivity index (χ3v) is 4.39. The van der Waals surface area contributed by atoms with Gasteiger partial charge in [0.2, 0.25) is 0 Å². The maximum atomic E-state index is 4.38. The molecule has 1 N–H and O–H groups in total. The Morgan fingerprint density at radius 1 is 1.24 bits per heavy atom. The fourth-order valence-electron chi connectivity index (χ4n) is 3.26. The van der Waals surface area contributed by atoms with E-state index >= 15 is 0 Å². The Hall–Kier alpha value is -1.61. The second-order valence-electron chi connectivity index (χ2n) is 6.16. The number of piperidine rings is 1. The lowest BCUT2D eigenvalue weighted by Crippen LogP contribution is -2.35. The van der Waals surface area contributed by atoms with Crippen LogP contribution >= 0.6 is 0 Å². The fourth-order valence-corrected chi connectivity index (χ4v) is 3.26. The molecule has 1 aromatic heterocycles. The van der Waals surface area contributed by atoms with E-state index in [0.29, 0.717) is 12.1 Å². The van der Waals surface area contributed by atoms with Crippen LogP contribution in [-0.4, -0.2) is 15.6 Å². The van der Waals surface area contributed by atoms with Gasteiger partial charge in [-0.25, -0.2) is 4.98 Å². The number of nitrogens with one attached hydrogen (secondary N) is 1. The van der Waals surface area contributed by atoms with Crippen molar-refractivity contribution in [3.63, 3.8) is 0 Å². The summed E-state index contributed by atoms with van der Waals surface area (Å²) in [5.41, 5.74) is 3.90. The zero-order valence-electron chi connectivity index (χ0n) is 13.0. The molecule has 0 bridgehead atoms. The van der Waals surface area contributed by atoms with E-state index in [4.69, 9.17) is 0 Å². The zero-order chi connectivity index (χ0) is 14.7. The number of nitrogens with zero attached hydrogens (tertiary/aromatic N) is 2. The van der Waals surface area contributed by atoms with Crippen molar-refractivity contribution < 1.29 is 0 Å². The molecule has 3 nitrogen and oxygen atoms in total. The number of aromatic nitrogens is 2. The van der Waals surface area contributed by atoms with E-state index in [1.54, 1.807) is 0 Å². The molecule has 0 aliphatic carbocycles. The summed E-state index contributed by atoms with van der Waals surface area (Å²) in [5.74, 6) is 0. The van der Waals surface area contributed by atoms with Crippen molar-refractivity contribution in [2.45, 2.75) is 58.0 Å². The summed E-state index contributed by atoms with van der Waals surface area (Å²) in [6.07, 6.45) is 10.1. The Labute approximate surface area is 127 Å². The zero-order valence-corrected chi connectivity index (χ0v) is 13.0. The second kappa shape index (κ2) is 6.44. The van der Waals surface area contributed by atoms with Gasteiger partial charge in [-0.2, -0.15) is 0 Å².